The van der Waals surface area contributed by atoms with Crippen molar-refractivity contribution in [3.8, 4) is 0 Å². The third-order valence-corrected chi connectivity index (χ3v) is 3.67. The van der Waals surface area contributed by atoms with Gasteiger partial charge in [0.05, 0.1) is 5.54 Å². The maximum atomic E-state index is 11.2. The molecule has 0 aromatic heterocycles. The van der Waals surface area contributed by atoms with Crippen molar-refractivity contribution in [2.24, 2.45) is 0 Å². The van der Waals surface area contributed by atoms with Crippen molar-refractivity contribution in [3.63, 3.8) is 0 Å². The second kappa shape index (κ2) is 3.79. The second-order valence-electron chi connectivity index (χ2n) is 4.48. The molecule has 2 nitrogen and oxygen atoms in total. The number of carbonyl (C=O) groups is 1. The first-order chi connectivity index (χ1) is 6.37. The molecule has 0 radical (unpaired) electrons. The molecule has 74 valence electrons. The van der Waals surface area contributed by atoms with Crippen molar-refractivity contribution in [2.75, 3.05) is 13.1 Å². The SMILES string of the molecule is O=CC1(N2CCCCC2)CCCC1. The first-order valence-corrected chi connectivity index (χ1v) is 5.59. The molecule has 0 bridgehead atoms. The van der Waals surface area contributed by atoms with Crippen LogP contribution in [0, 0.1) is 0 Å². The zero-order valence-corrected chi connectivity index (χ0v) is 8.30. The van der Waals surface area contributed by atoms with Gasteiger partial charge in [0.15, 0.2) is 0 Å². The fourth-order valence-electron chi connectivity index (χ4n) is 2.84. The summed E-state index contributed by atoms with van der Waals surface area (Å²) in [7, 11) is 0. The lowest BCUT2D eigenvalue weighted by molar-refractivity contribution is -0.119. The van der Waals surface area contributed by atoms with E-state index in [1.165, 1.54) is 38.4 Å². The maximum absolute atomic E-state index is 11.2. The number of piperidine rings is 1. The molecule has 13 heavy (non-hydrogen) atoms. The molecule has 0 aromatic carbocycles. The molecule has 0 spiro atoms. The number of likely N-dealkylation sites (tertiary alicyclic amines) is 1. The van der Waals surface area contributed by atoms with Gasteiger partial charge >= 0.3 is 0 Å². The molecule has 2 fully saturated rings. The predicted molar refractivity (Wildman–Crippen MR) is 52.7 cm³/mol. The van der Waals surface area contributed by atoms with Gasteiger partial charge < -0.3 is 4.79 Å². The van der Waals surface area contributed by atoms with Crippen LogP contribution in [0.2, 0.25) is 0 Å². The van der Waals surface area contributed by atoms with Gasteiger partial charge in [-0.15, -0.1) is 0 Å². The van der Waals surface area contributed by atoms with Crippen molar-refractivity contribution in [3.05, 3.63) is 0 Å². The topological polar surface area (TPSA) is 20.3 Å². The average Bonchev–Trinajstić information content (AvgIpc) is 2.69. The van der Waals surface area contributed by atoms with Gasteiger partial charge in [-0.1, -0.05) is 19.3 Å². The monoisotopic (exact) mass is 181 g/mol. The van der Waals surface area contributed by atoms with Crippen molar-refractivity contribution in [1.82, 2.24) is 4.90 Å². The van der Waals surface area contributed by atoms with Crippen LogP contribution in [-0.2, 0) is 4.79 Å². The lowest BCUT2D eigenvalue weighted by Gasteiger charge is -2.39. The van der Waals surface area contributed by atoms with E-state index in [0.29, 0.717) is 0 Å². The van der Waals surface area contributed by atoms with Gasteiger partial charge in [-0.05, 0) is 38.8 Å². The highest BCUT2D eigenvalue weighted by molar-refractivity contribution is 5.64. The van der Waals surface area contributed by atoms with E-state index in [1.54, 1.807) is 0 Å². The molecule has 2 heteroatoms. The lowest BCUT2D eigenvalue weighted by Crippen LogP contribution is -2.50. The molecular formula is C11H19NO. The van der Waals surface area contributed by atoms with E-state index in [0.717, 1.165) is 25.9 Å². The summed E-state index contributed by atoms with van der Waals surface area (Å²) in [4.78, 5) is 13.6. The number of carbonyl (C=O) groups excluding carboxylic acids is 1. The molecule has 0 aromatic rings. The zero-order chi connectivity index (χ0) is 9.15. The average molecular weight is 181 g/mol. The van der Waals surface area contributed by atoms with Crippen LogP contribution in [0.15, 0.2) is 0 Å². The number of aldehydes is 1. The minimum atomic E-state index is -0.0412. The Labute approximate surface area is 80.3 Å². The summed E-state index contributed by atoms with van der Waals surface area (Å²) < 4.78 is 0. The Morgan fingerprint density at radius 2 is 1.54 bits per heavy atom. The smallest absolute Gasteiger partial charge is 0.140 e. The number of nitrogens with zero attached hydrogens (tertiary/aromatic N) is 1. The van der Waals surface area contributed by atoms with Gasteiger partial charge in [0, 0.05) is 0 Å². The van der Waals surface area contributed by atoms with Gasteiger partial charge in [-0.25, -0.2) is 0 Å². The van der Waals surface area contributed by atoms with Crippen LogP contribution in [0.25, 0.3) is 0 Å². The van der Waals surface area contributed by atoms with Crippen LogP contribution in [-0.4, -0.2) is 29.8 Å². The molecular weight excluding hydrogens is 162 g/mol. The van der Waals surface area contributed by atoms with Gasteiger partial charge in [-0.2, -0.15) is 0 Å². The summed E-state index contributed by atoms with van der Waals surface area (Å²) >= 11 is 0. The minimum Gasteiger partial charge on any atom is -0.301 e. The molecule has 0 N–H and O–H groups in total. The van der Waals surface area contributed by atoms with Crippen LogP contribution in [0.1, 0.15) is 44.9 Å². The quantitative estimate of drug-likeness (QED) is 0.607. The Hall–Kier alpha value is -0.370. The third-order valence-electron chi connectivity index (χ3n) is 3.67. The molecule has 1 aliphatic carbocycles. The third kappa shape index (κ3) is 1.64. The van der Waals surface area contributed by atoms with Crippen molar-refractivity contribution < 1.29 is 4.79 Å². The molecule has 2 rings (SSSR count). The summed E-state index contributed by atoms with van der Waals surface area (Å²) in [6.07, 6.45) is 9.86. The maximum Gasteiger partial charge on any atom is 0.140 e. The zero-order valence-electron chi connectivity index (χ0n) is 8.30. The normalized spacial score (nSPS) is 28.9. The first-order valence-electron chi connectivity index (χ1n) is 5.59. The van der Waals surface area contributed by atoms with E-state index in [1.807, 2.05) is 0 Å². The summed E-state index contributed by atoms with van der Waals surface area (Å²) in [5, 5.41) is 0. The highest BCUT2D eigenvalue weighted by Crippen LogP contribution is 2.35. The van der Waals surface area contributed by atoms with Crippen LogP contribution >= 0.6 is 0 Å². The summed E-state index contributed by atoms with van der Waals surface area (Å²) in [6, 6.07) is 0. The Morgan fingerprint density at radius 3 is 2.08 bits per heavy atom. The molecule has 0 atom stereocenters. The van der Waals surface area contributed by atoms with E-state index in [9.17, 15) is 4.79 Å². The van der Waals surface area contributed by atoms with E-state index in [-0.39, 0.29) is 5.54 Å². The predicted octanol–water partition coefficient (Wildman–Crippen LogP) is 1.98. The van der Waals surface area contributed by atoms with Crippen molar-refractivity contribution >= 4 is 6.29 Å². The van der Waals surface area contributed by atoms with Crippen LogP contribution in [0.3, 0.4) is 0 Å². The van der Waals surface area contributed by atoms with E-state index < -0.39 is 0 Å². The van der Waals surface area contributed by atoms with E-state index in [2.05, 4.69) is 4.90 Å². The molecule has 0 unspecified atom stereocenters. The Bertz CT molecular complexity index is 179. The Kier molecular flexibility index (Phi) is 2.68. The van der Waals surface area contributed by atoms with Crippen molar-refractivity contribution in [1.29, 1.82) is 0 Å². The van der Waals surface area contributed by atoms with Gasteiger partial charge in [-0.3, -0.25) is 4.90 Å². The van der Waals surface area contributed by atoms with Gasteiger partial charge in [0.25, 0.3) is 0 Å². The summed E-state index contributed by atoms with van der Waals surface area (Å²) in [5.74, 6) is 0. The molecule has 1 saturated heterocycles. The molecule has 0 amide bonds. The number of rotatable bonds is 2. The standard InChI is InChI=1S/C11H19NO/c13-10-11(6-2-3-7-11)12-8-4-1-5-9-12/h10H,1-9H2. The summed E-state index contributed by atoms with van der Waals surface area (Å²) in [5.41, 5.74) is -0.0412. The molecule has 1 heterocycles. The van der Waals surface area contributed by atoms with Crippen LogP contribution in [0.5, 0.6) is 0 Å². The highest BCUT2D eigenvalue weighted by Gasteiger charge is 2.39. The van der Waals surface area contributed by atoms with Crippen LogP contribution < -0.4 is 0 Å². The summed E-state index contributed by atoms with van der Waals surface area (Å²) in [6.45, 7) is 2.30. The van der Waals surface area contributed by atoms with E-state index >= 15 is 0 Å². The fourth-order valence-corrected chi connectivity index (χ4v) is 2.84. The number of hydrogen-bond donors (Lipinski definition) is 0. The lowest BCUT2D eigenvalue weighted by atomic mass is 9.94. The fraction of sp³-hybridized carbons (Fsp3) is 0.909. The molecule has 1 aliphatic heterocycles. The second-order valence-corrected chi connectivity index (χ2v) is 4.48. The van der Waals surface area contributed by atoms with E-state index in [4.69, 9.17) is 0 Å². The van der Waals surface area contributed by atoms with Gasteiger partial charge in [0.2, 0.25) is 0 Å². The van der Waals surface area contributed by atoms with Crippen molar-refractivity contribution in [2.45, 2.75) is 50.5 Å². The number of hydrogen-bond acceptors (Lipinski definition) is 2. The molecule has 1 saturated carbocycles. The minimum absolute atomic E-state index is 0.0412. The molecule has 2 aliphatic rings. The van der Waals surface area contributed by atoms with Crippen LogP contribution in [0.4, 0.5) is 0 Å². The Balaban J connectivity index is 2.05. The Morgan fingerprint density at radius 1 is 0.923 bits per heavy atom. The first kappa shape index (κ1) is 9.20. The van der Waals surface area contributed by atoms with Gasteiger partial charge in [0.1, 0.15) is 6.29 Å². The highest BCUT2D eigenvalue weighted by atomic mass is 16.1. The largest absolute Gasteiger partial charge is 0.301 e.